The minimum atomic E-state index is -0.597. The van der Waals surface area contributed by atoms with Crippen LogP contribution in [0, 0.1) is 23.7 Å². The molecule has 0 aliphatic heterocycles. The molecule has 188 valence electrons. The first-order chi connectivity index (χ1) is 15.9. The lowest BCUT2D eigenvalue weighted by Crippen LogP contribution is -2.41. The summed E-state index contributed by atoms with van der Waals surface area (Å²) in [6, 6.07) is 5.76. The van der Waals surface area contributed by atoms with Crippen LogP contribution in [-0.2, 0) is 11.3 Å². The number of alkyl carbamates (subject to hydrolysis) is 1. The van der Waals surface area contributed by atoms with Gasteiger partial charge in [-0.15, -0.1) is 11.8 Å². The van der Waals surface area contributed by atoms with Crippen LogP contribution in [0.5, 0.6) is 0 Å². The van der Waals surface area contributed by atoms with Crippen molar-refractivity contribution in [3.05, 3.63) is 28.7 Å². The first-order valence-electron chi connectivity index (χ1n) is 12.2. The van der Waals surface area contributed by atoms with Crippen molar-refractivity contribution in [2.24, 2.45) is 23.7 Å². The fourth-order valence-corrected chi connectivity index (χ4v) is 5.46. The number of nitrogens with zero attached hydrogens (tertiary/aromatic N) is 2. The van der Waals surface area contributed by atoms with Gasteiger partial charge in [0.15, 0.2) is 0 Å². The minimum Gasteiger partial charge on any atom is -0.444 e. The molecule has 1 heterocycles. The van der Waals surface area contributed by atoms with Crippen LogP contribution in [0.2, 0.25) is 0 Å². The Morgan fingerprint density at radius 3 is 2.53 bits per heavy atom. The second-order valence-corrected chi connectivity index (χ2v) is 11.7. The van der Waals surface area contributed by atoms with Crippen molar-refractivity contribution in [1.29, 1.82) is 0 Å². The van der Waals surface area contributed by atoms with E-state index < -0.39 is 11.7 Å². The van der Waals surface area contributed by atoms with E-state index in [1.165, 1.54) is 4.57 Å². The van der Waals surface area contributed by atoms with E-state index in [4.69, 9.17) is 4.74 Å². The second-order valence-electron chi connectivity index (χ2n) is 10.8. The summed E-state index contributed by atoms with van der Waals surface area (Å²) < 4.78 is 8.27. The summed E-state index contributed by atoms with van der Waals surface area (Å²) in [4.78, 5) is 40.5. The van der Waals surface area contributed by atoms with E-state index in [0.717, 1.165) is 24.2 Å². The minimum absolute atomic E-state index is 0.101. The van der Waals surface area contributed by atoms with Crippen molar-refractivity contribution in [2.75, 3.05) is 12.8 Å². The van der Waals surface area contributed by atoms with Gasteiger partial charge in [0.05, 0.1) is 11.0 Å². The number of benzene rings is 1. The van der Waals surface area contributed by atoms with Crippen molar-refractivity contribution < 1.29 is 14.3 Å². The third-order valence-electron chi connectivity index (χ3n) is 6.70. The van der Waals surface area contributed by atoms with Gasteiger partial charge in [0.25, 0.3) is 0 Å². The molecular weight excluding hydrogens is 450 g/mol. The van der Waals surface area contributed by atoms with E-state index in [9.17, 15) is 14.4 Å². The number of aromatic nitrogens is 2. The van der Waals surface area contributed by atoms with E-state index in [1.807, 2.05) is 24.5 Å². The molecule has 0 spiro atoms. The number of nitrogens with one attached hydrogen (secondary N) is 1. The Hall–Kier alpha value is -2.22. The standard InChI is InChI=1S/C26H39N3O4S/c1-16(2)19-10-8-17(3)14-20(19)23(30)29-21-11-9-18(34-7)15-22(21)28(25(29)32)13-12-27-24(31)33-26(4,5)6/h9,11,15-17,19-20H,8,10,12-14H2,1-7H3,(H,27,31)/t17-,19+,20-/m1/s1. The van der Waals surface area contributed by atoms with Gasteiger partial charge in [-0.3, -0.25) is 9.36 Å². The van der Waals surface area contributed by atoms with Gasteiger partial charge in [-0.05, 0) is 75.8 Å². The first-order valence-corrected chi connectivity index (χ1v) is 13.5. The van der Waals surface area contributed by atoms with E-state index in [0.29, 0.717) is 22.9 Å². The van der Waals surface area contributed by atoms with Crippen molar-refractivity contribution in [2.45, 2.75) is 77.8 Å². The van der Waals surface area contributed by atoms with E-state index in [1.54, 1.807) is 37.1 Å². The topological polar surface area (TPSA) is 82.3 Å². The van der Waals surface area contributed by atoms with Gasteiger partial charge >= 0.3 is 11.8 Å². The Morgan fingerprint density at radius 2 is 1.91 bits per heavy atom. The third kappa shape index (κ3) is 5.88. The SMILES string of the molecule is CSc1ccc2c(c1)n(CCNC(=O)OC(C)(C)C)c(=O)n2C(=O)[C@@H]1C[C@H](C)CC[C@H]1C(C)C. The molecule has 7 nitrogen and oxygen atoms in total. The van der Waals surface area contributed by atoms with Gasteiger partial charge in [-0.2, -0.15) is 0 Å². The lowest BCUT2D eigenvalue weighted by Gasteiger charge is -2.36. The molecule has 1 aromatic carbocycles. The maximum Gasteiger partial charge on any atom is 0.407 e. The highest BCUT2D eigenvalue weighted by atomic mass is 32.2. The van der Waals surface area contributed by atoms with Crippen molar-refractivity contribution in [3.8, 4) is 0 Å². The average Bonchev–Trinajstić information content (AvgIpc) is 3.02. The smallest absolute Gasteiger partial charge is 0.407 e. The van der Waals surface area contributed by atoms with Crippen LogP contribution in [0.3, 0.4) is 0 Å². The molecule has 1 aliphatic carbocycles. The summed E-state index contributed by atoms with van der Waals surface area (Å²) in [5, 5.41) is 2.72. The predicted octanol–water partition coefficient (Wildman–Crippen LogP) is 5.40. The van der Waals surface area contributed by atoms with Crippen LogP contribution in [0.1, 0.15) is 65.6 Å². The van der Waals surface area contributed by atoms with Crippen LogP contribution < -0.4 is 11.0 Å². The number of fused-ring (bicyclic) bond motifs is 1. The Kier molecular flexibility index (Phi) is 8.22. The molecule has 0 unspecified atom stereocenters. The number of ether oxygens (including phenoxy) is 1. The highest BCUT2D eigenvalue weighted by Crippen LogP contribution is 2.39. The Bertz CT molecular complexity index is 1100. The van der Waals surface area contributed by atoms with Crippen LogP contribution >= 0.6 is 11.8 Å². The molecule has 1 fully saturated rings. The number of rotatable bonds is 6. The molecule has 34 heavy (non-hydrogen) atoms. The number of hydrogen-bond donors (Lipinski definition) is 1. The van der Waals surface area contributed by atoms with Gasteiger partial charge in [-0.25, -0.2) is 14.2 Å². The summed E-state index contributed by atoms with van der Waals surface area (Å²) >= 11 is 1.58. The molecule has 0 saturated heterocycles. The zero-order chi connectivity index (χ0) is 25.2. The van der Waals surface area contributed by atoms with Gasteiger partial charge < -0.3 is 10.1 Å². The molecule has 3 rings (SSSR count). The van der Waals surface area contributed by atoms with Crippen LogP contribution in [0.25, 0.3) is 11.0 Å². The molecule has 1 amide bonds. The molecule has 8 heteroatoms. The van der Waals surface area contributed by atoms with E-state index in [2.05, 4.69) is 26.1 Å². The zero-order valence-corrected chi connectivity index (χ0v) is 22.3. The summed E-state index contributed by atoms with van der Waals surface area (Å²) in [5.41, 5.74) is 0.401. The average molecular weight is 490 g/mol. The lowest BCUT2D eigenvalue weighted by atomic mass is 9.69. The fourth-order valence-electron chi connectivity index (χ4n) is 5.03. The maximum absolute atomic E-state index is 13.9. The molecule has 1 aromatic heterocycles. The zero-order valence-electron chi connectivity index (χ0n) is 21.5. The molecular formula is C26H39N3O4S. The highest BCUT2D eigenvalue weighted by Gasteiger charge is 2.37. The summed E-state index contributed by atoms with van der Waals surface area (Å²) in [6.07, 6.45) is 4.40. The fraction of sp³-hybridized carbons (Fsp3) is 0.654. The normalized spacial score (nSPS) is 21.1. The van der Waals surface area contributed by atoms with Crippen LogP contribution in [-0.4, -0.2) is 39.5 Å². The molecule has 1 N–H and O–H groups in total. The summed E-state index contributed by atoms with van der Waals surface area (Å²) in [6.45, 7) is 12.4. The quantitative estimate of drug-likeness (QED) is 0.550. The number of carbonyl (C=O) groups is 2. The molecule has 0 bridgehead atoms. The van der Waals surface area contributed by atoms with Gasteiger partial charge in [-0.1, -0.05) is 27.2 Å². The van der Waals surface area contributed by atoms with Crippen molar-refractivity contribution in [1.82, 2.24) is 14.5 Å². The molecule has 1 aliphatic rings. The van der Waals surface area contributed by atoms with E-state index >= 15 is 0 Å². The summed E-state index contributed by atoms with van der Waals surface area (Å²) in [5.74, 6) is 0.852. The molecule has 0 radical (unpaired) electrons. The Morgan fingerprint density at radius 1 is 1.21 bits per heavy atom. The monoisotopic (exact) mass is 489 g/mol. The van der Waals surface area contributed by atoms with Crippen LogP contribution in [0.4, 0.5) is 4.79 Å². The molecule has 1 saturated carbocycles. The number of hydrogen-bond acceptors (Lipinski definition) is 5. The number of imidazole rings is 1. The molecule has 2 aromatic rings. The number of thioether (sulfide) groups is 1. The second kappa shape index (κ2) is 10.6. The largest absolute Gasteiger partial charge is 0.444 e. The predicted molar refractivity (Wildman–Crippen MR) is 138 cm³/mol. The Labute approximate surface area is 206 Å². The maximum atomic E-state index is 13.9. The Balaban J connectivity index is 1.96. The van der Waals surface area contributed by atoms with Gasteiger partial charge in [0, 0.05) is 23.9 Å². The van der Waals surface area contributed by atoms with Crippen LogP contribution in [0.15, 0.2) is 27.9 Å². The summed E-state index contributed by atoms with van der Waals surface area (Å²) in [7, 11) is 0. The van der Waals surface area contributed by atoms with Crippen molar-refractivity contribution in [3.63, 3.8) is 0 Å². The first kappa shape index (κ1) is 26.4. The van der Waals surface area contributed by atoms with Crippen molar-refractivity contribution >= 4 is 34.8 Å². The van der Waals surface area contributed by atoms with Gasteiger partial charge in [0.1, 0.15) is 5.60 Å². The third-order valence-corrected chi connectivity index (χ3v) is 7.43. The number of amides is 1. The lowest BCUT2D eigenvalue weighted by molar-refractivity contribution is 0.0524. The van der Waals surface area contributed by atoms with E-state index in [-0.39, 0.29) is 36.5 Å². The highest BCUT2D eigenvalue weighted by molar-refractivity contribution is 7.98. The molecule has 3 atom stereocenters. The van der Waals surface area contributed by atoms with Gasteiger partial charge in [0.2, 0.25) is 5.91 Å². The number of carbonyl (C=O) groups excluding carboxylic acids is 2.